The molecule has 1 rings (SSSR count). The number of aromatic nitrogens is 2. The lowest BCUT2D eigenvalue weighted by Crippen LogP contribution is -2.57. The van der Waals surface area contributed by atoms with Crippen molar-refractivity contribution in [3.8, 4) is 0 Å². The first-order chi connectivity index (χ1) is 18.4. The molecule has 1 heterocycles. The lowest BCUT2D eigenvalue weighted by Gasteiger charge is -2.26. The number of imidazole rings is 1. The first-order valence-electron chi connectivity index (χ1n) is 13.1. The summed E-state index contributed by atoms with van der Waals surface area (Å²) in [6.07, 6.45) is 5.36. The second-order valence-corrected chi connectivity index (χ2v) is 9.77. The number of unbranched alkanes of at least 4 members (excludes halogenated alkanes) is 1. The summed E-state index contributed by atoms with van der Waals surface area (Å²) in [5.74, 6) is -3.08. The molecule has 39 heavy (non-hydrogen) atoms. The van der Waals surface area contributed by atoms with Crippen LogP contribution < -0.4 is 38.9 Å². The summed E-state index contributed by atoms with van der Waals surface area (Å²) < 4.78 is 0. The highest BCUT2D eigenvalue weighted by atomic mass is 16.4. The molecular formula is C24H44N10O5. The van der Waals surface area contributed by atoms with Crippen LogP contribution in [0.5, 0.6) is 0 Å². The molecule has 0 aliphatic rings. The Kier molecular flexibility index (Phi) is 15.1. The number of aliphatic carboxylic acids is 1. The van der Waals surface area contributed by atoms with Crippen molar-refractivity contribution < 1.29 is 24.3 Å². The van der Waals surface area contributed by atoms with Gasteiger partial charge in [0.15, 0.2) is 5.96 Å². The maximum atomic E-state index is 13.3. The van der Waals surface area contributed by atoms with Crippen molar-refractivity contribution in [2.45, 2.75) is 83.0 Å². The number of carbonyl (C=O) groups is 4. The highest BCUT2D eigenvalue weighted by Crippen LogP contribution is 2.09. The van der Waals surface area contributed by atoms with Gasteiger partial charge in [0, 0.05) is 24.9 Å². The van der Waals surface area contributed by atoms with Crippen molar-refractivity contribution in [3.63, 3.8) is 0 Å². The fourth-order valence-corrected chi connectivity index (χ4v) is 3.77. The van der Waals surface area contributed by atoms with Crippen LogP contribution in [0.3, 0.4) is 0 Å². The number of hydrogen-bond donors (Lipinski definition) is 9. The molecule has 3 amide bonds. The van der Waals surface area contributed by atoms with E-state index in [1.165, 1.54) is 6.33 Å². The number of nitrogens with zero attached hydrogens (tertiary/aromatic N) is 2. The van der Waals surface area contributed by atoms with E-state index in [2.05, 4.69) is 30.9 Å². The number of nitrogens with one attached hydrogen (secondary N) is 4. The zero-order valence-corrected chi connectivity index (χ0v) is 22.7. The number of carboxylic acid groups (broad SMARTS) is 1. The second-order valence-electron chi connectivity index (χ2n) is 9.77. The molecule has 0 saturated carbocycles. The quantitative estimate of drug-likeness (QED) is 0.0519. The Morgan fingerprint density at radius 3 is 2.15 bits per heavy atom. The third-order valence-electron chi connectivity index (χ3n) is 5.81. The number of aliphatic imine (C=N–C) groups is 1. The summed E-state index contributed by atoms with van der Waals surface area (Å²) in [7, 11) is 0. The van der Waals surface area contributed by atoms with Crippen LogP contribution in [0.2, 0.25) is 0 Å². The van der Waals surface area contributed by atoms with E-state index in [9.17, 15) is 24.3 Å². The number of carboxylic acids is 1. The number of hydrogen-bond acceptors (Lipinski definition) is 8. The molecule has 15 nitrogen and oxygen atoms in total. The molecule has 0 spiro atoms. The van der Waals surface area contributed by atoms with Gasteiger partial charge in [-0.05, 0) is 51.0 Å². The van der Waals surface area contributed by atoms with Crippen LogP contribution in [0.25, 0.3) is 0 Å². The Morgan fingerprint density at radius 1 is 0.974 bits per heavy atom. The molecular weight excluding hydrogens is 508 g/mol. The normalized spacial score (nSPS) is 14.1. The molecule has 220 valence electrons. The fourth-order valence-electron chi connectivity index (χ4n) is 3.77. The Hall–Kier alpha value is -3.72. The summed E-state index contributed by atoms with van der Waals surface area (Å²) in [6.45, 7) is 4.36. The minimum Gasteiger partial charge on any atom is -0.480 e. The number of H-pyrrole nitrogens is 1. The predicted molar refractivity (Wildman–Crippen MR) is 146 cm³/mol. The largest absolute Gasteiger partial charge is 0.480 e. The molecule has 0 aromatic carbocycles. The smallest absolute Gasteiger partial charge is 0.326 e. The minimum absolute atomic E-state index is 0.000645. The number of aromatic amines is 1. The summed E-state index contributed by atoms with van der Waals surface area (Å²) >= 11 is 0. The van der Waals surface area contributed by atoms with Crippen molar-refractivity contribution in [3.05, 3.63) is 18.2 Å². The molecule has 1 aromatic heterocycles. The predicted octanol–water partition coefficient (Wildman–Crippen LogP) is -1.95. The molecule has 13 N–H and O–H groups in total. The lowest BCUT2D eigenvalue weighted by molar-refractivity contribution is -0.142. The lowest BCUT2D eigenvalue weighted by atomic mass is 10.0. The summed E-state index contributed by atoms with van der Waals surface area (Å²) in [5, 5.41) is 17.4. The van der Waals surface area contributed by atoms with E-state index in [1.807, 2.05) is 13.8 Å². The van der Waals surface area contributed by atoms with Gasteiger partial charge >= 0.3 is 5.97 Å². The van der Waals surface area contributed by atoms with Gasteiger partial charge in [0.05, 0.1) is 12.4 Å². The van der Waals surface area contributed by atoms with Crippen LogP contribution in [-0.4, -0.2) is 82.0 Å². The molecule has 0 aliphatic carbocycles. The van der Waals surface area contributed by atoms with E-state index in [0.717, 1.165) is 0 Å². The van der Waals surface area contributed by atoms with Crippen LogP contribution in [0, 0.1) is 5.92 Å². The zero-order valence-electron chi connectivity index (χ0n) is 22.7. The van der Waals surface area contributed by atoms with Crippen molar-refractivity contribution in [1.29, 1.82) is 0 Å². The van der Waals surface area contributed by atoms with Crippen molar-refractivity contribution >= 4 is 29.7 Å². The first-order valence-corrected chi connectivity index (χ1v) is 13.1. The van der Waals surface area contributed by atoms with Gasteiger partial charge in [0.2, 0.25) is 17.7 Å². The Morgan fingerprint density at radius 2 is 1.59 bits per heavy atom. The Labute approximate surface area is 228 Å². The minimum atomic E-state index is -1.22. The maximum absolute atomic E-state index is 13.3. The molecule has 0 aliphatic heterocycles. The van der Waals surface area contributed by atoms with Gasteiger partial charge in [-0.25, -0.2) is 9.78 Å². The fraction of sp³-hybridized carbons (Fsp3) is 0.667. The number of rotatable bonds is 19. The van der Waals surface area contributed by atoms with E-state index < -0.39 is 47.9 Å². The van der Waals surface area contributed by atoms with Gasteiger partial charge in [-0.1, -0.05) is 13.8 Å². The number of nitrogens with two attached hydrogens (primary N) is 4. The molecule has 0 fully saturated rings. The van der Waals surface area contributed by atoms with Crippen molar-refractivity contribution in [1.82, 2.24) is 25.9 Å². The second kappa shape index (κ2) is 17.7. The Bertz CT molecular complexity index is 934. The Balaban J connectivity index is 2.92. The molecule has 15 heteroatoms. The van der Waals surface area contributed by atoms with E-state index in [1.54, 1.807) is 6.20 Å². The van der Waals surface area contributed by atoms with Crippen LogP contribution >= 0.6 is 0 Å². The van der Waals surface area contributed by atoms with Crippen LogP contribution in [0.15, 0.2) is 17.5 Å². The average molecular weight is 553 g/mol. The van der Waals surface area contributed by atoms with Gasteiger partial charge in [-0.15, -0.1) is 0 Å². The topological polar surface area (TPSA) is 270 Å². The van der Waals surface area contributed by atoms with Crippen LogP contribution in [0.1, 0.15) is 58.1 Å². The average Bonchev–Trinajstić information content (AvgIpc) is 3.37. The van der Waals surface area contributed by atoms with E-state index in [0.29, 0.717) is 31.5 Å². The van der Waals surface area contributed by atoms with E-state index >= 15 is 0 Å². The molecule has 4 atom stereocenters. The maximum Gasteiger partial charge on any atom is 0.326 e. The van der Waals surface area contributed by atoms with Crippen molar-refractivity contribution in [2.75, 3.05) is 13.1 Å². The van der Waals surface area contributed by atoms with E-state index in [-0.39, 0.29) is 44.1 Å². The van der Waals surface area contributed by atoms with Gasteiger partial charge in [0.25, 0.3) is 0 Å². The molecule has 0 radical (unpaired) electrons. The highest BCUT2D eigenvalue weighted by molar-refractivity contribution is 5.94. The SMILES string of the molecule is CC(C)CC(NC(=O)C(CCCCN)NC(=O)C(N)Cc1cnc[nH]1)C(=O)NC(CCCN=C(N)N)C(=O)O. The summed E-state index contributed by atoms with van der Waals surface area (Å²) in [4.78, 5) is 61.4. The molecule has 4 unspecified atom stereocenters. The molecule has 1 aromatic rings. The highest BCUT2D eigenvalue weighted by Gasteiger charge is 2.30. The van der Waals surface area contributed by atoms with Gasteiger partial charge in [-0.3, -0.25) is 19.4 Å². The third-order valence-corrected chi connectivity index (χ3v) is 5.81. The summed E-state index contributed by atoms with van der Waals surface area (Å²) in [6, 6.07) is -4.11. The molecule has 0 bridgehead atoms. The first kappa shape index (κ1) is 33.3. The van der Waals surface area contributed by atoms with Crippen LogP contribution in [0.4, 0.5) is 0 Å². The number of guanidine groups is 1. The number of amides is 3. The van der Waals surface area contributed by atoms with Gasteiger partial charge in [0.1, 0.15) is 18.1 Å². The van der Waals surface area contributed by atoms with Gasteiger partial charge in [-0.2, -0.15) is 0 Å². The van der Waals surface area contributed by atoms with Crippen LogP contribution in [-0.2, 0) is 25.6 Å². The number of carbonyl (C=O) groups excluding carboxylic acids is 3. The monoisotopic (exact) mass is 552 g/mol. The summed E-state index contributed by atoms with van der Waals surface area (Å²) in [5.41, 5.74) is 22.8. The van der Waals surface area contributed by atoms with Crippen molar-refractivity contribution in [2.24, 2.45) is 33.8 Å². The molecule has 0 saturated heterocycles. The van der Waals surface area contributed by atoms with Gasteiger partial charge < -0.3 is 49.0 Å². The standard InChI is InChI=1S/C24H44N10O5/c1-14(2)10-19(22(37)33-18(23(38)39)7-5-9-30-24(27)28)34-21(36)17(6-3-4-8-25)32-20(35)16(26)11-15-12-29-13-31-15/h12-14,16-19H,3-11,25-26H2,1-2H3,(H,29,31)(H,32,35)(H,33,37)(H,34,36)(H,38,39)(H4,27,28,30). The third kappa shape index (κ3) is 13.6. The van der Waals surface area contributed by atoms with E-state index in [4.69, 9.17) is 22.9 Å². The zero-order chi connectivity index (χ0) is 29.4.